The molecule has 0 aromatic heterocycles. The van der Waals surface area contributed by atoms with Gasteiger partial charge in [0.05, 0.1) is 0 Å². The molecular formula is C18H24N2O3. The van der Waals surface area contributed by atoms with E-state index in [0.717, 1.165) is 44.6 Å². The van der Waals surface area contributed by atoms with Crippen LogP contribution in [0.2, 0.25) is 0 Å². The molecule has 1 aromatic rings. The van der Waals surface area contributed by atoms with E-state index in [1.165, 1.54) is 4.90 Å². The SMILES string of the molecule is CN(C(=O)C(=O)N1CCC2(CCOCC2)CC1)c1ccccc1. The molecule has 2 aliphatic rings. The zero-order valence-electron chi connectivity index (χ0n) is 13.7. The molecule has 2 amide bonds. The summed E-state index contributed by atoms with van der Waals surface area (Å²) in [5.41, 5.74) is 1.06. The first-order valence-electron chi connectivity index (χ1n) is 8.31. The van der Waals surface area contributed by atoms with Crippen molar-refractivity contribution < 1.29 is 14.3 Å². The van der Waals surface area contributed by atoms with Crippen LogP contribution in [0.1, 0.15) is 25.7 Å². The van der Waals surface area contributed by atoms with Gasteiger partial charge in [-0.2, -0.15) is 0 Å². The van der Waals surface area contributed by atoms with Crippen molar-refractivity contribution in [2.45, 2.75) is 25.7 Å². The van der Waals surface area contributed by atoms with Gasteiger partial charge in [0, 0.05) is 39.0 Å². The van der Waals surface area contributed by atoms with Crippen molar-refractivity contribution in [3.63, 3.8) is 0 Å². The maximum atomic E-state index is 12.5. The summed E-state index contributed by atoms with van der Waals surface area (Å²) in [6.45, 7) is 2.99. The fraction of sp³-hybridized carbons (Fsp3) is 0.556. The Morgan fingerprint density at radius 1 is 1.04 bits per heavy atom. The molecule has 23 heavy (non-hydrogen) atoms. The monoisotopic (exact) mass is 316 g/mol. The number of anilines is 1. The normalized spacial score (nSPS) is 20.3. The van der Waals surface area contributed by atoms with Crippen molar-refractivity contribution >= 4 is 17.5 Å². The van der Waals surface area contributed by atoms with E-state index in [-0.39, 0.29) is 0 Å². The number of piperidine rings is 1. The molecule has 0 saturated carbocycles. The molecule has 3 rings (SSSR count). The molecule has 2 aliphatic heterocycles. The molecule has 1 spiro atoms. The number of benzene rings is 1. The van der Waals surface area contributed by atoms with E-state index in [2.05, 4.69) is 0 Å². The maximum absolute atomic E-state index is 12.5. The minimum atomic E-state index is -0.459. The van der Waals surface area contributed by atoms with E-state index in [0.29, 0.717) is 18.5 Å². The number of carbonyl (C=O) groups is 2. The Morgan fingerprint density at radius 3 is 2.26 bits per heavy atom. The fourth-order valence-electron chi connectivity index (χ4n) is 3.54. The molecule has 0 atom stereocenters. The summed E-state index contributed by atoms with van der Waals surface area (Å²) in [6.07, 6.45) is 4.11. The first-order chi connectivity index (χ1) is 11.1. The Morgan fingerprint density at radius 2 is 1.65 bits per heavy atom. The molecule has 124 valence electrons. The van der Waals surface area contributed by atoms with E-state index in [1.54, 1.807) is 11.9 Å². The second-order valence-corrected chi connectivity index (χ2v) is 6.60. The summed E-state index contributed by atoms with van der Waals surface area (Å²) >= 11 is 0. The highest BCUT2D eigenvalue weighted by molar-refractivity contribution is 6.40. The second-order valence-electron chi connectivity index (χ2n) is 6.60. The third-order valence-corrected chi connectivity index (χ3v) is 5.30. The fourth-order valence-corrected chi connectivity index (χ4v) is 3.54. The predicted molar refractivity (Wildman–Crippen MR) is 88.2 cm³/mol. The Balaban J connectivity index is 1.59. The number of likely N-dealkylation sites (N-methyl/N-ethyl adjacent to an activating group) is 1. The average molecular weight is 316 g/mol. The van der Waals surface area contributed by atoms with Crippen LogP contribution in [0.15, 0.2) is 30.3 Å². The highest BCUT2D eigenvalue weighted by Crippen LogP contribution is 2.40. The van der Waals surface area contributed by atoms with Gasteiger partial charge in [-0.3, -0.25) is 9.59 Å². The van der Waals surface area contributed by atoms with Crippen LogP contribution in [0.3, 0.4) is 0 Å². The number of nitrogens with zero attached hydrogens (tertiary/aromatic N) is 2. The minimum Gasteiger partial charge on any atom is -0.381 e. The summed E-state index contributed by atoms with van der Waals surface area (Å²) < 4.78 is 5.45. The Bertz CT molecular complexity index is 557. The van der Waals surface area contributed by atoms with Crippen LogP contribution >= 0.6 is 0 Å². The zero-order valence-corrected chi connectivity index (χ0v) is 13.7. The van der Waals surface area contributed by atoms with E-state index in [1.807, 2.05) is 30.3 Å². The van der Waals surface area contributed by atoms with Crippen LogP contribution in [0.5, 0.6) is 0 Å². The van der Waals surface area contributed by atoms with Crippen LogP contribution in [-0.2, 0) is 14.3 Å². The van der Waals surface area contributed by atoms with Gasteiger partial charge in [0.25, 0.3) is 0 Å². The van der Waals surface area contributed by atoms with Crippen molar-refractivity contribution in [2.24, 2.45) is 5.41 Å². The predicted octanol–water partition coefficient (Wildman–Crippen LogP) is 2.07. The number of hydrogen-bond donors (Lipinski definition) is 0. The molecule has 1 aromatic carbocycles. The van der Waals surface area contributed by atoms with Gasteiger partial charge in [-0.1, -0.05) is 18.2 Å². The molecule has 0 aliphatic carbocycles. The van der Waals surface area contributed by atoms with Gasteiger partial charge in [-0.25, -0.2) is 0 Å². The van der Waals surface area contributed by atoms with Crippen molar-refractivity contribution in [1.82, 2.24) is 4.90 Å². The van der Waals surface area contributed by atoms with E-state index < -0.39 is 11.8 Å². The van der Waals surface area contributed by atoms with Crippen molar-refractivity contribution in [3.05, 3.63) is 30.3 Å². The lowest BCUT2D eigenvalue weighted by atomic mass is 9.72. The number of hydrogen-bond acceptors (Lipinski definition) is 3. The van der Waals surface area contributed by atoms with Gasteiger partial charge >= 0.3 is 11.8 Å². The average Bonchev–Trinajstić information content (AvgIpc) is 2.62. The second kappa shape index (κ2) is 6.71. The van der Waals surface area contributed by atoms with Crippen molar-refractivity contribution in [3.8, 4) is 0 Å². The molecular weight excluding hydrogens is 292 g/mol. The number of likely N-dealkylation sites (tertiary alicyclic amines) is 1. The zero-order chi connectivity index (χ0) is 16.3. The first-order valence-corrected chi connectivity index (χ1v) is 8.31. The minimum absolute atomic E-state index is 0.323. The number of rotatable bonds is 1. The third-order valence-electron chi connectivity index (χ3n) is 5.30. The quantitative estimate of drug-likeness (QED) is 0.745. The number of amides is 2. The lowest BCUT2D eigenvalue weighted by molar-refractivity contribution is -0.146. The molecule has 5 heteroatoms. The number of para-hydroxylation sites is 1. The highest BCUT2D eigenvalue weighted by atomic mass is 16.5. The summed E-state index contributed by atoms with van der Waals surface area (Å²) in [7, 11) is 1.65. The first kappa shape index (κ1) is 16.0. The largest absolute Gasteiger partial charge is 0.381 e. The Hall–Kier alpha value is -1.88. The standard InChI is InChI=1S/C18H24N2O3/c1-19(15-5-3-2-4-6-15)16(21)17(22)20-11-7-18(8-12-20)9-13-23-14-10-18/h2-6H,7-14H2,1H3. The number of carbonyl (C=O) groups excluding carboxylic acids is 2. The van der Waals surface area contributed by atoms with Crippen LogP contribution in [-0.4, -0.2) is 50.1 Å². The van der Waals surface area contributed by atoms with E-state index in [9.17, 15) is 9.59 Å². The summed E-state index contributed by atoms with van der Waals surface area (Å²) in [4.78, 5) is 28.1. The summed E-state index contributed by atoms with van der Waals surface area (Å²) in [5.74, 6) is -0.850. The molecule has 0 unspecified atom stereocenters. The summed E-state index contributed by atoms with van der Waals surface area (Å²) in [5, 5.41) is 0. The van der Waals surface area contributed by atoms with E-state index >= 15 is 0 Å². The van der Waals surface area contributed by atoms with Gasteiger partial charge in [-0.15, -0.1) is 0 Å². The van der Waals surface area contributed by atoms with Crippen molar-refractivity contribution in [1.29, 1.82) is 0 Å². The smallest absolute Gasteiger partial charge is 0.316 e. The molecule has 0 radical (unpaired) electrons. The van der Waals surface area contributed by atoms with E-state index in [4.69, 9.17) is 4.74 Å². The Labute approximate surface area is 137 Å². The Kier molecular flexibility index (Phi) is 4.66. The molecule has 2 heterocycles. The molecule has 2 fully saturated rings. The van der Waals surface area contributed by atoms with Crippen LogP contribution in [0.25, 0.3) is 0 Å². The molecule has 0 N–H and O–H groups in total. The molecule has 2 saturated heterocycles. The number of ether oxygens (including phenoxy) is 1. The van der Waals surface area contributed by atoms with Gasteiger partial charge in [0.1, 0.15) is 0 Å². The molecule has 0 bridgehead atoms. The van der Waals surface area contributed by atoms with Gasteiger partial charge in [-0.05, 0) is 43.2 Å². The lowest BCUT2D eigenvalue weighted by Gasteiger charge is -2.44. The van der Waals surface area contributed by atoms with Crippen LogP contribution < -0.4 is 4.90 Å². The van der Waals surface area contributed by atoms with Crippen molar-refractivity contribution in [2.75, 3.05) is 38.3 Å². The van der Waals surface area contributed by atoms with Gasteiger partial charge in [0.15, 0.2) is 0 Å². The van der Waals surface area contributed by atoms with Crippen LogP contribution in [0.4, 0.5) is 5.69 Å². The van der Waals surface area contributed by atoms with Gasteiger partial charge < -0.3 is 14.5 Å². The van der Waals surface area contributed by atoms with Crippen LogP contribution in [0, 0.1) is 5.41 Å². The lowest BCUT2D eigenvalue weighted by Crippen LogP contribution is -2.50. The topological polar surface area (TPSA) is 49.9 Å². The highest BCUT2D eigenvalue weighted by Gasteiger charge is 2.38. The third kappa shape index (κ3) is 3.39. The molecule has 5 nitrogen and oxygen atoms in total. The maximum Gasteiger partial charge on any atom is 0.316 e. The van der Waals surface area contributed by atoms with Gasteiger partial charge in [0.2, 0.25) is 0 Å². The summed E-state index contributed by atoms with van der Waals surface area (Å²) in [6, 6.07) is 9.27.